The molecule has 0 fully saturated rings. The van der Waals surface area contributed by atoms with E-state index in [1.165, 1.54) is 12.1 Å². The first-order chi connectivity index (χ1) is 11.8. The van der Waals surface area contributed by atoms with Gasteiger partial charge in [0.2, 0.25) is 11.7 Å². The Labute approximate surface area is 141 Å². The highest BCUT2D eigenvalue weighted by Gasteiger charge is 2.30. The van der Waals surface area contributed by atoms with Crippen LogP contribution in [0.15, 0.2) is 41.2 Å². The molecule has 1 aromatic carbocycles. The third-order valence-corrected chi connectivity index (χ3v) is 3.68. The molecule has 25 heavy (non-hydrogen) atoms. The molecule has 0 unspecified atom stereocenters. The number of hydrogen-bond acceptors (Lipinski definition) is 5. The Balaban J connectivity index is 1.67. The number of alkyl halides is 3. The van der Waals surface area contributed by atoms with Gasteiger partial charge in [0.25, 0.3) is 0 Å². The molecule has 0 aliphatic rings. The molecule has 2 aromatic heterocycles. The summed E-state index contributed by atoms with van der Waals surface area (Å²) in [6.45, 7) is 1.00. The van der Waals surface area contributed by atoms with Gasteiger partial charge in [-0.15, -0.1) is 0 Å². The Bertz CT molecular complexity index is 838. The van der Waals surface area contributed by atoms with Gasteiger partial charge in [-0.05, 0) is 19.2 Å². The van der Waals surface area contributed by atoms with Crippen LogP contribution in [0.5, 0.6) is 0 Å². The smallest absolute Gasteiger partial charge is 0.338 e. The number of imidazole rings is 1. The van der Waals surface area contributed by atoms with E-state index in [0.717, 1.165) is 18.0 Å². The maximum Gasteiger partial charge on any atom is 0.416 e. The Kier molecular flexibility index (Phi) is 4.58. The highest BCUT2D eigenvalue weighted by molar-refractivity contribution is 5.54. The van der Waals surface area contributed by atoms with Gasteiger partial charge in [-0.1, -0.05) is 17.3 Å². The molecule has 0 spiro atoms. The van der Waals surface area contributed by atoms with Gasteiger partial charge < -0.3 is 9.09 Å². The van der Waals surface area contributed by atoms with Gasteiger partial charge in [0, 0.05) is 25.0 Å². The summed E-state index contributed by atoms with van der Waals surface area (Å²) < 4.78 is 44.9. The Morgan fingerprint density at radius 1 is 1.16 bits per heavy atom. The molecule has 0 aliphatic carbocycles. The fourth-order valence-electron chi connectivity index (χ4n) is 2.32. The molecule has 0 amide bonds. The van der Waals surface area contributed by atoms with Crippen LogP contribution in [0.3, 0.4) is 0 Å². The van der Waals surface area contributed by atoms with Crippen LogP contribution in [0, 0.1) is 0 Å². The fourth-order valence-corrected chi connectivity index (χ4v) is 2.32. The molecule has 132 valence electrons. The number of aromatic nitrogens is 4. The zero-order valence-electron chi connectivity index (χ0n) is 13.7. The van der Waals surface area contributed by atoms with E-state index >= 15 is 0 Å². The molecule has 0 saturated heterocycles. The van der Waals surface area contributed by atoms with E-state index < -0.39 is 11.7 Å². The SMILES string of the molecule is CN(Cc1nc(-c2ccc(C(F)(F)F)cc2)no1)Cc1nccn1C. The maximum absolute atomic E-state index is 12.6. The normalized spacial score (nSPS) is 12.1. The molecule has 0 bridgehead atoms. The number of aryl methyl sites for hydroxylation is 1. The van der Waals surface area contributed by atoms with Crippen molar-refractivity contribution in [3.8, 4) is 11.4 Å². The van der Waals surface area contributed by atoms with E-state index in [1.54, 1.807) is 6.20 Å². The lowest BCUT2D eigenvalue weighted by Crippen LogP contribution is -2.19. The highest BCUT2D eigenvalue weighted by Crippen LogP contribution is 2.30. The average molecular weight is 351 g/mol. The van der Waals surface area contributed by atoms with Gasteiger partial charge in [0.15, 0.2) is 0 Å². The molecule has 9 heteroatoms. The molecule has 3 rings (SSSR count). The predicted molar refractivity (Wildman–Crippen MR) is 83.1 cm³/mol. The lowest BCUT2D eigenvalue weighted by molar-refractivity contribution is -0.137. The summed E-state index contributed by atoms with van der Waals surface area (Å²) in [4.78, 5) is 10.4. The molecule has 0 radical (unpaired) electrons. The molecule has 0 atom stereocenters. The van der Waals surface area contributed by atoms with Crippen molar-refractivity contribution in [2.24, 2.45) is 7.05 Å². The van der Waals surface area contributed by atoms with Gasteiger partial charge in [-0.2, -0.15) is 18.2 Å². The Hall–Kier alpha value is -2.68. The minimum Gasteiger partial charge on any atom is -0.338 e. The quantitative estimate of drug-likeness (QED) is 0.707. The molecule has 6 nitrogen and oxygen atoms in total. The van der Waals surface area contributed by atoms with E-state index in [1.807, 2.05) is 29.8 Å². The molecule has 0 N–H and O–H groups in total. The zero-order valence-corrected chi connectivity index (χ0v) is 13.7. The van der Waals surface area contributed by atoms with Gasteiger partial charge in [-0.25, -0.2) is 4.98 Å². The van der Waals surface area contributed by atoms with Crippen LogP contribution in [0.4, 0.5) is 13.2 Å². The summed E-state index contributed by atoms with van der Waals surface area (Å²) >= 11 is 0. The van der Waals surface area contributed by atoms with Gasteiger partial charge in [-0.3, -0.25) is 4.90 Å². The van der Waals surface area contributed by atoms with Crippen LogP contribution in [0.25, 0.3) is 11.4 Å². The van der Waals surface area contributed by atoms with Crippen molar-refractivity contribution in [2.75, 3.05) is 7.05 Å². The van der Waals surface area contributed by atoms with Gasteiger partial charge in [0.05, 0.1) is 18.7 Å². The largest absolute Gasteiger partial charge is 0.416 e. The third kappa shape index (κ3) is 4.05. The van der Waals surface area contributed by atoms with Crippen molar-refractivity contribution in [1.29, 1.82) is 0 Å². The Morgan fingerprint density at radius 3 is 2.48 bits per heavy atom. The van der Waals surface area contributed by atoms with Crippen LogP contribution < -0.4 is 0 Å². The lowest BCUT2D eigenvalue weighted by Gasteiger charge is -2.13. The van der Waals surface area contributed by atoms with Gasteiger partial charge in [0.1, 0.15) is 5.82 Å². The average Bonchev–Trinajstić information content (AvgIpc) is 3.16. The summed E-state index contributed by atoms with van der Waals surface area (Å²) in [5.74, 6) is 1.53. The third-order valence-electron chi connectivity index (χ3n) is 3.68. The first-order valence-electron chi connectivity index (χ1n) is 7.48. The van der Waals surface area contributed by atoms with Crippen LogP contribution in [-0.2, 0) is 26.3 Å². The molecule has 3 aromatic rings. The Morgan fingerprint density at radius 2 is 1.88 bits per heavy atom. The lowest BCUT2D eigenvalue weighted by atomic mass is 10.1. The number of halogens is 3. The van der Waals surface area contributed by atoms with E-state index in [-0.39, 0.29) is 5.82 Å². The van der Waals surface area contributed by atoms with E-state index in [2.05, 4.69) is 15.1 Å². The molecule has 2 heterocycles. The topological polar surface area (TPSA) is 60.0 Å². The second-order valence-corrected chi connectivity index (χ2v) is 5.71. The van der Waals surface area contributed by atoms with Crippen molar-refractivity contribution in [3.63, 3.8) is 0 Å². The minimum atomic E-state index is -4.37. The number of hydrogen-bond donors (Lipinski definition) is 0. The van der Waals surface area contributed by atoms with E-state index in [4.69, 9.17) is 4.52 Å². The van der Waals surface area contributed by atoms with Crippen molar-refractivity contribution < 1.29 is 17.7 Å². The summed E-state index contributed by atoms with van der Waals surface area (Å²) in [6.07, 6.45) is -0.786. The second kappa shape index (κ2) is 6.67. The van der Waals surface area contributed by atoms with Crippen LogP contribution in [0.1, 0.15) is 17.3 Å². The van der Waals surface area contributed by atoms with Crippen molar-refractivity contribution >= 4 is 0 Å². The summed E-state index contributed by atoms with van der Waals surface area (Å²) in [5.41, 5.74) is -0.246. The number of rotatable bonds is 5. The minimum absolute atomic E-state index is 0.258. The van der Waals surface area contributed by atoms with Crippen LogP contribution >= 0.6 is 0 Å². The first-order valence-corrected chi connectivity index (χ1v) is 7.48. The van der Waals surface area contributed by atoms with E-state index in [9.17, 15) is 13.2 Å². The monoisotopic (exact) mass is 351 g/mol. The van der Waals surface area contributed by atoms with Crippen molar-refractivity contribution in [2.45, 2.75) is 19.3 Å². The van der Waals surface area contributed by atoms with Crippen LogP contribution in [-0.4, -0.2) is 31.6 Å². The summed E-state index contributed by atoms with van der Waals surface area (Å²) in [5, 5.41) is 3.83. The van der Waals surface area contributed by atoms with E-state index in [0.29, 0.717) is 24.5 Å². The molecule has 0 saturated carbocycles. The van der Waals surface area contributed by atoms with Crippen molar-refractivity contribution in [3.05, 3.63) is 53.9 Å². The second-order valence-electron chi connectivity index (χ2n) is 5.71. The standard InChI is InChI=1S/C16H16F3N5O/c1-23(9-13-20-7-8-24(13)2)10-14-21-15(22-25-14)11-3-5-12(6-4-11)16(17,18)19/h3-8H,9-10H2,1-2H3. The fraction of sp³-hybridized carbons (Fsp3) is 0.312. The summed E-state index contributed by atoms with van der Waals surface area (Å²) in [7, 11) is 3.79. The maximum atomic E-state index is 12.6. The van der Waals surface area contributed by atoms with Crippen molar-refractivity contribution in [1.82, 2.24) is 24.6 Å². The number of benzene rings is 1. The summed E-state index contributed by atoms with van der Waals surface area (Å²) in [6, 6.07) is 4.65. The highest BCUT2D eigenvalue weighted by atomic mass is 19.4. The van der Waals surface area contributed by atoms with Crippen LogP contribution in [0.2, 0.25) is 0 Å². The zero-order chi connectivity index (χ0) is 18.0. The van der Waals surface area contributed by atoms with Gasteiger partial charge >= 0.3 is 6.18 Å². The number of nitrogens with zero attached hydrogens (tertiary/aromatic N) is 5. The molecule has 0 aliphatic heterocycles. The first kappa shape index (κ1) is 17.2. The molecular formula is C16H16F3N5O. The molecular weight excluding hydrogens is 335 g/mol. The predicted octanol–water partition coefficient (Wildman–Crippen LogP) is 3.12.